The van der Waals surface area contributed by atoms with E-state index in [0.29, 0.717) is 5.75 Å². The van der Waals surface area contributed by atoms with Crippen molar-refractivity contribution >= 4 is 17.7 Å². The predicted molar refractivity (Wildman–Crippen MR) is 57.0 cm³/mol. The molecule has 3 nitrogen and oxygen atoms in total. The molecule has 0 aromatic heterocycles. The molecule has 0 radical (unpaired) electrons. The van der Waals surface area contributed by atoms with Crippen LogP contribution in [0, 0.1) is 0 Å². The Balaban J connectivity index is 3.48. The van der Waals surface area contributed by atoms with Crippen molar-refractivity contribution in [3.63, 3.8) is 0 Å². The van der Waals surface area contributed by atoms with Gasteiger partial charge in [0.1, 0.15) is 0 Å². The summed E-state index contributed by atoms with van der Waals surface area (Å²) in [7, 11) is 0. The van der Waals surface area contributed by atoms with Crippen molar-refractivity contribution in [2.24, 2.45) is 0 Å². The zero-order valence-electron chi connectivity index (χ0n) is 8.45. The summed E-state index contributed by atoms with van der Waals surface area (Å²) in [5.74, 6) is 1.61. The summed E-state index contributed by atoms with van der Waals surface area (Å²) in [4.78, 5) is 13.2. The van der Waals surface area contributed by atoms with E-state index >= 15 is 0 Å². The maximum atomic E-state index is 11.4. The van der Waals surface area contributed by atoms with Crippen molar-refractivity contribution in [1.82, 2.24) is 4.90 Å². The highest BCUT2D eigenvalue weighted by Crippen LogP contribution is 2.04. The Morgan fingerprint density at radius 1 is 1.38 bits per heavy atom. The molecule has 0 aromatic carbocycles. The fraction of sp³-hybridized carbons (Fsp3) is 0.889. The highest BCUT2D eigenvalue weighted by Gasteiger charge is 2.08. The quantitative estimate of drug-likeness (QED) is 0.630. The second kappa shape index (κ2) is 8.38. The molecule has 0 rings (SSSR count). The lowest BCUT2D eigenvalue weighted by Crippen LogP contribution is -2.31. The number of aliphatic hydroxyl groups is 1. The predicted octanol–water partition coefficient (Wildman–Crippen LogP) is 0.970. The third-order valence-electron chi connectivity index (χ3n) is 1.79. The molecule has 0 aromatic rings. The Labute approximate surface area is 84.5 Å². The number of amides is 1. The minimum Gasteiger partial charge on any atom is -0.396 e. The van der Waals surface area contributed by atoms with Gasteiger partial charge in [0.05, 0.1) is 5.75 Å². The van der Waals surface area contributed by atoms with Gasteiger partial charge in [-0.1, -0.05) is 0 Å². The Bertz CT molecular complexity index is 138. The van der Waals surface area contributed by atoms with Crippen molar-refractivity contribution in [2.45, 2.75) is 20.3 Å². The fourth-order valence-electron chi connectivity index (χ4n) is 0.994. The Morgan fingerprint density at radius 2 is 2.00 bits per heavy atom. The summed E-state index contributed by atoms with van der Waals surface area (Å²) in [6.45, 7) is 5.76. The molecule has 4 heteroatoms. The van der Waals surface area contributed by atoms with E-state index in [0.717, 1.165) is 25.3 Å². The molecular formula is C9H19NO2S. The third kappa shape index (κ3) is 5.93. The largest absolute Gasteiger partial charge is 0.396 e. The number of hydrogen-bond acceptors (Lipinski definition) is 3. The molecule has 0 saturated heterocycles. The van der Waals surface area contributed by atoms with Gasteiger partial charge >= 0.3 is 0 Å². The second-order valence-corrected chi connectivity index (χ2v) is 3.80. The normalized spacial score (nSPS) is 10.1. The maximum Gasteiger partial charge on any atom is 0.232 e. The average molecular weight is 205 g/mol. The van der Waals surface area contributed by atoms with E-state index in [2.05, 4.69) is 0 Å². The lowest BCUT2D eigenvalue weighted by Gasteiger charge is -2.17. The Morgan fingerprint density at radius 3 is 2.46 bits per heavy atom. The molecule has 0 aliphatic heterocycles. The monoisotopic (exact) mass is 205 g/mol. The third-order valence-corrected chi connectivity index (χ3v) is 2.82. The molecule has 0 atom stereocenters. The van der Waals surface area contributed by atoms with E-state index in [1.807, 2.05) is 18.7 Å². The molecule has 0 bridgehead atoms. The van der Waals surface area contributed by atoms with Crippen molar-refractivity contribution < 1.29 is 9.90 Å². The Hall–Kier alpha value is -0.220. The minimum atomic E-state index is 0.202. The first-order chi connectivity index (χ1) is 6.26. The van der Waals surface area contributed by atoms with Crippen molar-refractivity contribution in [3.05, 3.63) is 0 Å². The van der Waals surface area contributed by atoms with Crippen LogP contribution in [0.5, 0.6) is 0 Å². The van der Waals surface area contributed by atoms with Crippen LogP contribution < -0.4 is 0 Å². The molecule has 13 heavy (non-hydrogen) atoms. The van der Waals surface area contributed by atoms with Crippen LogP contribution in [-0.2, 0) is 4.79 Å². The lowest BCUT2D eigenvalue weighted by atomic mass is 10.5. The van der Waals surface area contributed by atoms with Gasteiger partial charge in [-0.15, -0.1) is 0 Å². The van der Waals surface area contributed by atoms with Gasteiger partial charge in [0, 0.05) is 19.7 Å². The van der Waals surface area contributed by atoms with Crippen LogP contribution in [0.4, 0.5) is 0 Å². The summed E-state index contributed by atoms with van der Waals surface area (Å²) in [6, 6.07) is 0. The molecule has 0 aliphatic carbocycles. The standard InChI is InChI=1S/C9H19NO2S/c1-3-10(4-2)9(12)8-13-7-5-6-11/h11H,3-8H2,1-2H3. The lowest BCUT2D eigenvalue weighted by molar-refractivity contribution is -0.127. The van der Waals surface area contributed by atoms with E-state index < -0.39 is 0 Å². The van der Waals surface area contributed by atoms with Crippen LogP contribution in [0.3, 0.4) is 0 Å². The zero-order chi connectivity index (χ0) is 10.1. The molecule has 0 saturated carbocycles. The molecule has 1 amide bonds. The van der Waals surface area contributed by atoms with Crippen LogP contribution in [0.25, 0.3) is 0 Å². The average Bonchev–Trinajstić information content (AvgIpc) is 2.14. The van der Waals surface area contributed by atoms with Gasteiger partial charge in [-0.3, -0.25) is 4.79 Å². The SMILES string of the molecule is CCN(CC)C(=O)CSCCCO. The first-order valence-corrected chi connectivity index (χ1v) is 5.88. The first kappa shape index (κ1) is 12.8. The van der Waals surface area contributed by atoms with Gasteiger partial charge in [-0.25, -0.2) is 0 Å². The number of hydrogen-bond donors (Lipinski definition) is 1. The molecule has 0 fully saturated rings. The van der Waals surface area contributed by atoms with Crippen LogP contribution in [-0.4, -0.2) is 47.1 Å². The zero-order valence-corrected chi connectivity index (χ0v) is 9.27. The summed E-state index contributed by atoms with van der Waals surface area (Å²) in [5.41, 5.74) is 0. The second-order valence-electron chi connectivity index (χ2n) is 2.70. The topological polar surface area (TPSA) is 40.5 Å². The summed E-state index contributed by atoms with van der Waals surface area (Å²) in [5, 5.41) is 8.52. The first-order valence-electron chi connectivity index (χ1n) is 4.72. The van der Waals surface area contributed by atoms with Crippen LogP contribution in [0.1, 0.15) is 20.3 Å². The van der Waals surface area contributed by atoms with E-state index in [-0.39, 0.29) is 12.5 Å². The molecule has 1 N–H and O–H groups in total. The number of rotatable bonds is 7. The molecule has 0 aliphatic rings. The minimum absolute atomic E-state index is 0.202. The van der Waals surface area contributed by atoms with Gasteiger partial charge in [0.25, 0.3) is 0 Å². The summed E-state index contributed by atoms with van der Waals surface area (Å²) in [6.07, 6.45) is 0.774. The van der Waals surface area contributed by atoms with Gasteiger partial charge < -0.3 is 10.0 Å². The van der Waals surface area contributed by atoms with Crippen LogP contribution in [0.2, 0.25) is 0 Å². The smallest absolute Gasteiger partial charge is 0.232 e. The summed E-state index contributed by atoms with van der Waals surface area (Å²) >= 11 is 1.59. The highest BCUT2D eigenvalue weighted by molar-refractivity contribution is 7.99. The molecular weight excluding hydrogens is 186 g/mol. The number of carbonyl (C=O) groups is 1. The number of aliphatic hydroxyl groups excluding tert-OH is 1. The Kier molecular flexibility index (Phi) is 8.24. The maximum absolute atomic E-state index is 11.4. The van der Waals surface area contributed by atoms with E-state index in [4.69, 9.17) is 5.11 Å². The van der Waals surface area contributed by atoms with Crippen molar-refractivity contribution in [3.8, 4) is 0 Å². The highest BCUT2D eigenvalue weighted by atomic mass is 32.2. The van der Waals surface area contributed by atoms with Gasteiger partial charge in [0.2, 0.25) is 5.91 Å². The van der Waals surface area contributed by atoms with E-state index in [1.54, 1.807) is 11.8 Å². The van der Waals surface area contributed by atoms with Gasteiger partial charge in [-0.2, -0.15) is 11.8 Å². The molecule has 78 valence electrons. The van der Waals surface area contributed by atoms with E-state index in [9.17, 15) is 4.79 Å². The van der Waals surface area contributed by atoms with Crippen LogP contribution in [0.15, 0.2) is 0 Å². The molecule has 0 unspecified atom stereocenters. The fourth-order valence-corrected chi connectivity index (χ4v) is 1.83. The van der Waals surface area contributed by atoms with Gasteiger partial charge in [-0.05, 0) is 26.0 Å². The number of thioether (sulfide) groups is 1. The van der Waals surface area contributed by atoms with Crippen molar-refractivity contribution in [1.29, 1.82) is 0 Å². The number of nitrogens with zero attached hydrogens (tertiary/aromatic N) is 1. The van der Waals surface area contributed by atoms with Gasteiger partial charge in [0.15, 0.2) is 0 Å². The molecule has 0 heterocycles. The van der Waals surface area contributed by atoms with Crippen molar-refractivity contribution in [2.75, 3.05) is 31.2 Å². The number of carbonyl (C=O) groups excluding carboxylic acids is 1. The van der Waals surface area contributed by atoms with Crippen LogP contribution >= 0.6 is 11.8 Å². The van der Waals surface area contributed by atoms with E-state index in [1.165, 1.54) is 0 Å². The summed E-state index contributed by atoms with van der Waals surface area (Å²) < 4.78 is 0. The molecule has 0 spiro atoms.